The van der Waals surface area contributed by atoms with Gasteiger partial charge in [-0.15, -0.1) is 0 Å². The molecule has 0 saturated carbocycles. The van der Waals surface area contributed by atoms with Crippen molar-refractivity contribution in [1.29, 1.82) is 0 Å². The van der Waals surface area contributed by atoms with Crippen LogP contribution in [-0.4, -0.2) is 33.0 Å². The third-order valence-electron chi connectivity index (χ3n) is 4.09. The number of benzene rings is 2. The van der Waals surface area contributed by atoms with Crippen LogP contribution in [0.3, 0.4) is 0 Å². The predicted octanol–water partition coefficient (Wildman–Crippen LogP) is 1.91. The molecule has 0 aliphatic carbocycles. The number of hydrogen-bond acceptors (Lipinski definition) is 6. The summed E-state index contributed by atoms with van der Waals surface area (Å²) < 4.78 is 33.2. The molecule has 29 heavy (non-hydrogen) atoms. The Morgan fingerprint density at radius 2 is 1.69 bits per heavy atom. The van der Waals surface area contributed by atoms with E-state index in [0.29, 0.717) is 17.7 Å². The van der Waals surface area contributed by atoms with E-state index in [2.05, 4.69) is 5.32 Å². The van der Waals surface area contributed by atoms with Gasteiger partial charge in [-0.2, -0.15) is 0 Å². The number of nitrogens with one attached hydrogen (secondary N) is 1. The first-order chi connectivity index (χ1) is 13.7. The van der Waals surface area contributed by atoms with E-state index in [4.69, 9.17) is 14.6 Å². The fourth-order valence-electron chi connectivity index (χ4n) is 2.50. The van der Waals surface area contributed by atoms with Crippen LogP contribution in [0.5, 0.6) is 5.75 Å². The number of ether oxygens (including phenoxy) is 2. The molecule has 2 atom stereocenters. The van der Waals surface area contributed by atoms with Crippen LogP contribution in [-0.2, 0) is 24.3 Å². The van der Waals surface area contributed by atoms with Crippen LogP contribution in [0, 0.1) is 0 Å². The van der Waals surface area contributed by atoms with Crippen LogP contribution in [0.1, 0.15) is 31.9 Å². The van der Waals surface area contributed by atoms with E-state index in [-0.39, 0.29) is 4.90 Å². The van der Waals surface area contributed by atoms with Gasteiger partial charge in [0.25, 0.3) is 5.91 Å². The summed E-state index contributed by atoms with van der Waals surface area (Å²) in [6.45, 7) is 3.05. The molecule has 0 fully saturated rings. The highest BCUT2D eigenvalue weighted by Crippen LogP contribution is 2.16. The Kier molecular flexibility index (Phi) is 7.74. The number of hydrogen-bond donors (Lipinski definition) is 2. The second-order valence-corrected chi connectivity index (χ2v) is 7.90. The van der Waals surface area contributed by atoms with E-state index >= 15 is 0 Å². The van der Waals surface area contributed by atoms with Crippen molar-refractivity contribution in [1.82, 2.24) is 5.32 Å². The zero-order valence-electron chi connectivity index (χ0n) is 16.2. The number of carbonyl (C=O) groups excluding carboxylic acids is 2. The molecular formula is C20H24N2O6S. The quantitative estimate of drug-likeness (QED) is 0.597. The maximum atomic E-state index is 12.2. The minimum atomic E-state index is -3.78. The number of para-hydroxylation sites is 1. The predicted molar refractivity (Wildman–Crippen MR) is 106 cm³/mol. The molecule has 0 spiro atoms. The molecule has 2 rings (SSSR count). The Balaban J connectivity index is 1.85. The van der Waals surface area contributed by atoms with Gasteiger partial charge >= 0.3 is 5.97 Å². The third-order valence-corrected chi connectivity index (χ3v) is 5.02. The topological polar surface area (TPSA) is 125 Å². The minimum Gasteiger partial charge on any atom is -0.479 e. The number of rotatable bonds is 9. The van der Waals surface area contributed by atoms with Crippen LogP contribution >= 0.6 is 0 Å². The molecule has 1 amide bonds. The summed E-state index contributed by atoms with van der Waals surface area (Å²) >= 11 is 0. The first-order valence-corrected chi connectivity index (χ1v) is 10.6. The van der Waals surface area contributed by atoms with Crippen molar-refractivity contribution in [3.05, 3.63) is 60.2 Å². The van der Waals surface area contributed by atoms with Crippen molar-refractivity contribution in [2.75, 3.05) is 6.61 Å². The molecule has 3 N–H and O–H groups in total. The highest BCUT2D eigenvalue weighted by molar-refractivity contribution is 7.89. The van der Waals surface area contributed by atoms with Gasteiger partial charge in [0.2, 0.25) is 10.0 Å². The Morgan fingerprint density at radius 1 is 1.07 bits per heavy atom. The molecule has 2 aromatic carbocycles. The first kappa shape index (κ1) is 22.4. The van der Waals surface area contributed by atoms with Crippen LogP contribution < -0.4 is 15.2 Å². The summed E-state index contributed by atoms with van der Waals surface area (Å²) in [6, 6.07) is 14.3. The van der Waals surface area contributed by atoms with E-state index in [1.54, 1.807) is 50.2 Å². The number of sulfonamides is 1. The summed E-state index contributed by atoms with van der Waals surface area (Å²) in [6.07, 6.45) is -0.421. The maximum Gasteiger partial charge on any atom is 0.347 e. The van der Waals surface area contributed by atoms with Crippen molar-refractivity contribution in [2.45, 2.75) is 37.3 Å². The molecule has 0 radical (unpaired) electrons. The molecular weight excluding hydrogens is 396 g/mol. The summed E-state index contributed by atoms with van der Waals surface area (Å²) in [7, 11) is -3.78. The molecule has 0 aromatic heterocycles. The molecule has 8 nitrogen and oxygen atoms in total. The maximum absolute atomic E-state index is 12.2. The Labute approximate surface area is 170 Å². The molecule has 0 bridgehead atoms. The normalized spacial score (nSPS) is 13.2. The molecule has 0 heterocycles. The lowest BCUT2D eigenvalue weighted by molar-refractivity contribution is -0.155. The van der Waals surface area contributed by atoms with Crippen LogP contribution in [0.2, 0.25) is 0 Å². The van der Waals surface area contributed by atoms with E-state index in [9.17, 15) is 18.0 Å². The summed E-state index contributed by atoms with van der Waals surface area (Å²) in [5, 5.41) is 7.74. The number of nitrogens with two attached hydrogens (primary N) is 1. The Morgan fingerprint density at radius 3 is 2.24 bits per heavy atom. The summed E-state index contributed by atoms with van der Waals surface area (Å²) in [5.41, 5.74) is 0.677. The van der Waals surface area contributed by atoms with Crippen molar-refractivity contribution >= 4 is 21.9 Å². The SMILES string of the molecule is CC[C@@H](Oc1ccccc1)C(=O)OCC(=O)N[C@H](C)c1ccc(S(N)(=O)=O)cc1. The standard InChI is InChI=1S/C20H24N2O6S/c1-3-18(28-16-7-5-4-6-8-16)20(24)27-13-19(23)22-14(2)15-9-11-17(12-10-15)29(21,25)26/h4-12,14,18H,3,13H2,1-2H3,(H,22,23)(H2,21,25,26)/t14-,18-/m1/s1. The zero-order chi connectivity index (χ0) is 21.4. The molecule has 156 valence electrons. The molecule has 0 saturated heterocycles. The monoisotopic (exact) mass is 420 g/mol. The van der Waals surface area contributed by atoms with Crippen molar-refractivity contribution in [3.63, 3.8) is 0 Å². The van der Waals surface area contributed by atoms with Crippen LogP contribution in [0.4, 0.5) is 0 Å². The molecule has 0 unspecified atom stereocenters. The number of primary sulfonamides is 1. The van der Waals surface area contributed by atoms with E-state index in [0.717, 1.165) is 0 Å². The molecule has 0 aliphatic heterocycles. The second-order valence-electron chi connectivity index (χ2n) is 6.34. The van der Waals surface area contributed by atoms with Crippen molar-refractivity contribution < 1.29 is 27.5 Å². The third kappa shape index (κ3) is 6.88. The minimum absolute atomic E-state index is 0.0160. The molecule has 9 heteroatoms. The lowest BCUT2D eigenvalue weighted by atomic mass is 10.1. The zero-order valence-corrected chi connectivity index (χ0v) is 17.0. The first-order valence-electron chi connectivity index (χ1n) is 9.01. The second kappa shape index (κ2) is 10.0. The summed E-state index contributed by atoms with van der Waals surface area (Å²) in [4.78, 5) is 24.2. The fourth-order valence-corrected chi connectivity index (χ4v) is 3.02. The van der Waals surface area contributed by atoms with Crippen molar-refractivity contribution in [2.24, 2.45) is 5.14 Å². The van der Waals surface area contributed by atoms with Gasteiger partial charge in [-0.1, -0.05) is 37.3 Å². The molecule has 0 aliphatic rings. The van der Waals surface area contributed by atoms with Gasteiger partial charge in [-0.25, -0.2) is 18.4 Å². The van der Waals surface area contributed by atoms with Gasteiger partial charge in [0.05, 0.1) is 10.9 Å². The van der Waals surface area contributed by atoms with Crippen LogP contribution in [0.25, 0.3) is 0 Å². The average molecular weight is 420 g/mol. The van der Waals surface area contributed by atoms with E-state index in [1.165, 1.54) is 12.1 Å². The van der Waals surface area contributed by atoms with Gasteiger partial charge in [-0.05, 0) is 43.2 Å². The van der Waals surface area contributed by atoms with Crippen molar-refractivity contribution in [3.8, 4) is 5.75 Å². The lowest BCUT2D eigenvalue weighted by Gasteiger charge is -2.18. The number of carbonyl (C=O) groups is 2. The Hall–Kier alpha value is -2.91. The van der Waals surface area contributed by atoms with E-state index < -0.39 is 40.7 Å². The Bertz CT molecular complexity index is 929. The van der Waals surface area contributed by atoms with Crippen LogP contribution in [0.15, 0.2) is 59.5 Å². The lowest BCUT2D eigenvalue weighted by Crippen LogP contribution is -2.35. The highest BCUT2D eigenvalue weighted by Gasteiger charge is 2.21. The van der Waals surface area contributed by atoms with Gasteiger partial charge in [-0.3, -0.25) is 4.79 Å². The summed E-state index contributed by atoms with van der Waals surface area (Å²) in [5.74, 6) is -0.579. The van der Waals surface area contributed by atoms with Gasteiger partial charge in [0, 0.05) is 0 Å². The molecule has 2 aromatic rings. The average Bonchev–Trinajstić information content (AvgIpc) is 2.70. The van der Waals surface area contributed by atoms with Gasteiger partial charge in [0.15, 0.2) is 12.7 Å². The van der Waals surface area contributed by atoms with Gasteiger partial charge < -0.3 is 14.8 Å². The number of amides is 1. The van der Waals surface area contributed by atoms with E-state index in [1.807, 2.05) is 6.07 Å². The fraction of sp³-hybridized carbons (Fsp3) is 0.300. The highest BCUT2D eigenvalue weighted by atomic mass is 32.2. The smallest absolute Gasteiger partial charge is 0.347 e. The van der Waals surface area contributed by atoms with Gasteiger partial charge in [0.1, 0.15) is 5.75 Å². The largest absolute Gasteiger partial charge is 0.479 e. The number of esters is 1.